The predicted molar refractivity (Wildman–Crippen MR) is 120 cm³/mol. The Kier molecular flexibility index (Phi) is 6.23. The second-order valence-corrected chi connectivity index (χ2v) is 7.72. The normalized spacial score (nSPS) is 16.2. The molecule has 0 saturated carbocycles. The zero-order valence-corrected chi connectivity index (χ0v) is 17.2. The van der Waals surface area contributed by atoms with E-state index in [0.29, 0.717) is 19.0 Å². The molecule has 6 heteroatoms. The van der Waals surface area contributed by atoms with Crippen molar-refractivity contribution in [1.82, 2.24) is 15.3 Å². The fraction of sp³-hybridized carbons (Fsp3) is 0.292. The molecule has 0 radical (unpaired) electrons. The quantitative estimate of drug-likeness (QED) is 0.652. The molecule has 4 rings (SSSR count). The molecule has 0 aliphatic carbocycles. The minimum Gasteiger partial charge on any atom is -0.356 e. The fourth-order valence-electron chi connectivity index (χ4n) is 3.67. The summed E-state index contributed by atoms with van der Waals surface area (Å²) in [6.45, 7) is 4.19. The SMILES string of the molecule is Cc1ccc(CNC(=O)[C@H]2CCCN(c3ccnc(Nc4ccccc4)n3)C2)cc1. The Bertz CT molecular complexity index is 974. The van der Waals surface area contributed by atoms with Crippen LogP contribution in [-0.2, 0) is 11.3 Å². The molecule has 30 heavy (non-hydrogen) atoms. The van der Waals surface area contributed by atoms with Crippen LogP contribution in [0.4, 0.5) is 17.5 Å². The summed E-state index contributed by atoms with van der Waals surface area (Å²) < 4.78 is 0. The number of nitrogens with zero attached hydrogens (tertiary/aromatic N) is 3. The Morgan fingerprint density at radius 3 is 2.70 bits per heavy atom. The van der Waals surface area contributed by atoms with E-state index in [2.05, 4.69) is 56.7 Å². The zero-order valence-electron chi connectivity index (χ0n) is 17.2. The molecule has 2 aromatic carbocycles. The number of piperidine rings is 1. The largest absolute Gasteiger partial charge is 0.356 e. The molecular weight excluding hydrogens is 374 g/mol. The lowest BCUT2D eigenvalue weighted by atomic mass is 9.97. The van der Waals surface area contributed by atoms with Crippen molar-refractivity contribution in [1.29, 1.82) is 0 Å². The first-order chi connectivity index (χ1) is 14.7. The molecule has 3 aromatic rings. The first-order valence-electron chi connectivity index (χ1n) is 10.4. The third kappa shape index (κ3) is 5.14. The van der Waals surface area contributed by atoms with Gasteiger partial charge < -0.3 is 15.5 Å². The van der Waals surface area contributed by atoms with Crippen LogP contribution in [-0.4, -0.2) is 29.0 Å². The van der Waals surface area contributed by atoms with Gasteiger partial charge in [0.15, 0.2) is 0 Å². The molecule has 0 bridgehead atoms. The Labute approximate surface area is 177 Å². The molecule has 2 N–H and O–H groups in total. The van der Waals surface area contributed by atoms with Gasteiger partial charge in [-0.3, -0.25) is 4.79 Å². The summed E-state index contributed by atoms with van der Waals surface area (Å²) in [6, 6.07) is 20.0. The Morgan fingerprint density at radius 2 is 1.90 bits per heavy atom. The van der Waals surface area contributed by atoms with E-state index in [1.54, 1.807) is 6.20 Å². The van der Waals surface area contributed by atoms with E-state index in [1.807, 2.05) is 36.4 Å². The summed E-state index contributed by atoms with van der Waals surface area (Å²) in [4.78, 5) is 23.9. The lowest BCUT2D eigenvalue weighted by Crippen LogP contribution is -2.43. The molecule has 1 aliphatic rings. The zero-order chi connectivity index (χ0) is 20.8. The highest BCUT2D eigenvalue weighted by Crippen LogP contribution is 2.23. The summed E-state index contributed by atoms with van der Waals surface area (Å²) in [5, 5.41) is 6.33. The van der Waals surface area contributed by atoms with Gasteiger partial charge in [0.05, 0.1) is 5.92 Å². The summed E-state index contributed by atoms with van der Waals surface area (Å²) in [7, 11) is 0. The maximum Gasteiger partial charge on any atom is 0.229 e. The van der Waals surface area contributed by atoms with Crippen LogP contribution in [0.2, 0.25) is 0 Å². The van der Waals surface area contributed by atoms with Crippen molar-refractivity contribution >= 4 is 23.4 Å². The second-order valence-electron chi connectivity index (χ2n) is 7.72. The van der Waals surface area contributed by atoms with Gasteiger partial charge in [-0.2, -0.15) is 4.98 Å². The van der Waals surface area contributed by atoms with E-state index >= 15 is 0 Å². The van der Waals surface area contributed by atoms with Crippen LogP contribution < -0.4 is 15.5 Å². The molecule has 1 amide bonds. The molecule has 2 heterocycles. The van der Waals surface area contributed by atoms with Gasteiger partial charge in [0.2, 0.25) is 11.9 Å². The van der Waals surface area contributed by atoms with E-state index in [-0.39, 0.29) is 11.8 Å². The minimum absolute atomic E-state index is 0.0373. The smallest absolute Gasteiger partial charge is 0.229 e. The highest BCUT2D eigenvalue weighted by Gasteiger charge is 2.26. The molecule has 1 saturated heterocycles. The molecule has 1 aromatic heterocycles. The molecule has 154 valence electrons. The monoisotopic (exact) mass is 401 g/mol. The molecule has 1 fully saturated rings. The molecule has 6 nitrogen and oxygen atoms in total. The van der Waals surface area contributed by atoms with Crippen LogP contribution >= 0.6 is 0 Å². The Hall–Kier alpha value is -3.41. The minimum atomic E-state index is -0.0373. The lowest BCUT2D eigenvalue weighted by Gasteiger charge is -2.33. The van der Waals surface area contributed by atoms with Crippen LogP contribution in [0.3, 0.4) is 0 Å². The molecule has 0 spiro atoms. The van der Waals surface area contributed by atoms with E-state index in [4.69, 9.17) is 0 Å². The number of nitrogens with one attached hydrogen (secondary N) is 2. The van der Waals surface area contributed by atoms with E-state index < -0.39 is 0 Å². The Balaban J connectivity index is 1.36. The maximum atomic E-state index is 12.7. The average molecular weight is 402 g/mol. The highest BCUT2D eigenvalue weighted by molar-refractivity contribution is 5.79. The van der Waals surface area contributed by atoms with Crippen LogP contribution in [0, 0.1) is 12.8 Å². The number of para-hydroxylation sites is 1. The van der Waals surface area contributed by atoms with Crippen molar-refractivity contribution in [2.24, 2.45) is 5.92 Å². The second kappa shape index (κ2) is 9.39. The standard InChI is InChI=1S/C24H27N5O/c1-18-9-11-19(12-10-18)16-26-23(30)20-6-5-15-29(17-20)22-13-14-25-24(28-22)27-21-7-3-2-4-8-21/h2-4,7-14,20H,5-6,15-17H2,1H3,(H,26,30)(H,25,27,28)/t20-/m0/s1. The van der Waals surface area contributed by atoms with Crippen LogP contribution in [0.25, 0.3) is 0 Å². The van der Waals surface area contributed by atoms with Gasteiger partial charge in [0.1, 0.15) is 5.82 Å². The Morgan fingerprint density at radius 1 is 1.10 bits per heavy atom. The lowest BCUT2D eigenvalue weighted by molar-refractivity contribution is -0.125. The maximum absolute atomic E-state index is 12.7. The van der Waals surface area contributed by atoms with Crippen molar-refractivity contribution in [3.8, 4) is 0 Å². The number of hydrogen-bond acceptors (Lipinski definition) is 5. The number of aromatic nitrogens is 2. The number of amides is 1. The number of anilines is 3. The first kappa shape index (κ1) is 19.9. The highest BCUT2D eigenvalue weighted by atomic mass is 16.1. The number of carbonyl (C=O) groups is 1. The summed E-state index contributed by atoms with van der Waals surface area (Å²) >= 11 is 0. The van der Waals surface area contributed by atoms with Gasteiger partial charge in [-0.1, -0.05) is 48.0 Å². The molecule has 0 unspecified atom stereocenters. The van der Waals surface area contributed by atoms with Crippen molar-refractivity contribution in [2.75, 3.05) is 23.3 Å². The predicted octanol–water partition coefficient (Wildman–Crippen LogP) is 4.06. The summed E-state index contributed by atoms with van der Waals surface area (Å²) in [5.41, 5.74) is 3.29. The van der Waals surface area contributed by atoms with Crippen molar-refractivity contribution in [2.45, 2.75) is 26.3 Å². The van der Waals surface area contributed by atoms with Gasteiger partial charge in [-0.25, -0.2) is 4.98 Å². The summed E-state index contributed by atoms with van der Waals surface area (Å²) in [6.07, 6.45) is 3.62. The number of benzene rings is 2. The van der Waals surface area contributed by atoms with Gasteiger partial charge in [0.25, 0.3) is 0 Å². The van der Waals surface area contributed by atoms with Gasteiger partial charge in [-0.05, 0) is 43.5 Å². The summed E-state index contributed by atoms with van der Waals surface area (Å²) in [5.74, 6) is 1.48. The fourth-order valence-corrected chi connectivity index (χ4v) is 3.67. The topological polar surface area (TPSA) is 70.2 Å². The molecular formula is C24H27N5O. The number of rotatable bonds is 6. The van der Waals surface area contributed by atoms with Gasteiger partial charge in [-0.15, -0.1) is 0 Å². The van der Waals surface area contributed by atoms with Crippen LogP contribution in [0.1, 0.15) is 24.0 Å². The van der Waals surface area contributed by atoms with Gasteiger partial charge >= 0.3 is 0 Å². The first-order valence-corrected chi connectivity index (χ1v) is 10.4. The van der Waals surface area contributed by atoms with Crippen molar-refractivity contribution in [3.63, 3.8) is 0 Å². The third-order valence-electron chi connectivity index (χ3n) is 5.37. The van der Waals surface area contributed by atoms with Crippen LogP contribution in [0.5, 0.6) is 0 Å². The van der Waals surface area contributed by atoms with Crippen LogP contribution in [0.15, 0.2) is 66.9 Å². The van der Waals surface area contributed by atoms with E-state index in [1.165, 1.54) is 5.56 Å². The number of hydrogen-bond donors (Lipinski definition) is 2. The third-order valence-corrected chi connectivity index (χ3v) is 5.37. The number of aryl methyl sites for hydroxylation is 1. The van der Waals surface area contributed by atoms with Crippen molar-refractivity contribution < 1.29 is 4.79 Å². The average Bonchev–Trinajstić information content (AvgIpc) is 2.79. The van der Waals surface area contributed by atoms with Crippen molar-refractivity contribution in [3.05, 3.63) is 78.0 Å². The molecule has 1 aliphatic heterocycles. The molecule has 1 atom stereocenters. The number of carbonyl (C=O) groups excluding carboxylic acids is 1. The van der Waals surface area contributed by atoms with E-state index in [0.717, 1.165) is 36.5 Å². The van der Waals surface area contributed by atoms with Gasteiger partial charge in [0, 0.05) is 31.5 Å². The van der Waals surface area contributed by atoms with E-state index in [9.17, 15) is 4.79 Å².